The van der Waals surface area contributed by atoms with Gasteiger partial charge in [0.2, 0.25) is 5.95 Å². The number of sulfonamides is 1. The number of anilines is 5. The first-order valence-corrected chi connectivity index (χ1v) is 11.9. The maximum absolute atomic E-state index is 12.6. The summed E-state index contributed by atoms with van der Waals surface area (Å²) in [6, 6.07) is 16.1. The highest BCUT2D eigenvalue weighted by Gasteiger charge is 2.18. The molecule has 0 radical (unpaired) electrons. The molecule has 0 aliphatic heterocycles. The lowest BCUT2D eigenvalue weighted by molar-refractivity contribution is 0.415. The largest absolute Gasteiger partial charge is 0.497 e. The van der Waals surface area contributed by atoms with Crippen LogP contribution in [0.1, 0.15) is 11.5 Å². The Morgan fingerprint density at radius 3 is 2.09 bits per heavy atom. The number of ether oxygens (including phenoxy) is 1. The van der Waals surface area contributed by atoms with E-state index in [1.165, 1.54) is 6.20 Å². The standard InChI is InChI=1S/C23H25N7O3S/c1-15-13-21(26-17-9-11-20(33-4)12-10-17)28-23(24-15)27-18-5-7-19(8-6-18)29-34(31,32)22-14-30(3)16(2)25-22/h5-14,29H,1-4H3,(H2,24,26,27,28). The van der Waals surface area contributed by atoms with Crippen molar-refractivity contribution in [3.63, 3.8) is 0 Å². The third-order valence-corrected chi connectivity index (χ3v) is 6.22. The van der Waals surface area contributed by atoms with E-state index in [9.17, 15) is 8.42 Å². The van der Waals surface area contributed by atoms with Crippen molar-refractivity contribution in [1.82, 2.24) is 19.5 Å². The summed E-state index contributed by atoms with van der Waals surface area (Å²) >= 11 is 0. The number of hydrogen-bond acceptors (Lipinski definition) is 8. The summed E-state index contributed by atoms with van der Waals surface area (Å²) in [6.45, 7) is 3.62. The van der Waals surface area contributed by atoms with Crippen LogP contribution in [0, 0.1) is 13.8 Å². The fourth-order valence-electron chi connectivity index (χ4n) is 3.12. The molecular weight excluding hydrogens is 454 g/mol. The lowest BCUT2D eigenvalue weighted by Crippen LogP contribution is -2.13. The number of rotatable bonds is 8. The molecule has 0 amide bonds. The minimum absolute atomic E-state index is 0.0280. The predicted molar refractivity (Wildman–Crippen MR) is 132 cm³/mol. The number of aryl methyl sites for hydroxylation is 3. The molecule has 4 rings (SSSR count). The highest BCUT2D eigenvalue weighted by atomic mass is 32.2. The molecule has 0 bridgehead atoms. The molecule has 0 saturated heterocycles. The lowest BCUT2D eigenvalue weighted by atomic mass is 10.3. The predicted octanol–water partition coefficient (Wildman–Crippen LogP) is 4.12. The summed E-state index contributed by atoms with van der Waals surface area (Å²) in [4.78, 5) is 13.0. The van der Waals surface area contributed by atoms with E-state index in [4.69, 9.17) is 4.74 Å². The maximum atomic E-state index is 12.6. The fraction of sp³-hybridized carbons (Fsp3) is 0.174. The summed E-state index contributed by atoms with van der Waals surface area (Å²) in [6.07, 6.45) is 1.47. The van der Waals surface area contributed by atoms with E-state index in [-0.39, 0.29) is 5.03 Å². The van der Waals surface area contributed by atoms with Crippen LogP contribution in [0.25, 0.3) is 0 Å². The molecule has 4 aromatic rings. The van der Waals surface area contributed by atoms with E-state index >= 15 is 0 Å². The van der Waals surface area contributed by atoms with Gasteiger partial charge < -0.3 is 19.9 Å². The van der Waals surface area contributed by atoms with Gasteiger partial charge in [-0.3, -0.25) is 4.72 Å². The molecule has 2 aromatic heterocycles. The zero-order valence-corrected chi connectivity index (χ0v) is 20.0. The number of nitrogens with one attached hydrogen (secondary N) is 3. The molecule has 176 valence electrons. The average molecular weight is 480 g/mol. The number of imidazole rings is 1. The first kappa shape index (κ1) is 23.1. The zero-order valence-electron chi connectivity index (χ0n) is 19.2. The van der Waals surface area contributed by atoms with Gasteiger partial charge in [-0.1, -0.05) is 0 Å². The van der Waals surface area contributed by atoms with Crippen LogP contribution in [-0.4, -0.2) is 35.0 Å². The molecule has 0 fully saturated rings. The van der Waals surface area contributed by atoms with Crippen molar-refractivity contribution < 1.29 is 13.2 Å². The number of hydrogen-bond donors (Lipinski definition) is 3. The van der Waals surface area contributed by atoms with Crippen molar-refractivity contribution in [2.45, 2.75) is 18.9 Å². The Kier molecular flexibility index (Phi) is 6.37. The highest BCUT2D eigenvalue weighted by Crippen LogP contribution is 2.23. The van der Waals surface area contributed by atoms with Crippen LogP contribution in [0.5, 0.6) is 5.75 Å². The Hall–Kier alpha value is -4.12. The first-order valence-electron chi connectivity index (χ1n) is 10.4. The van der Waals surface area contributed by atoms with Gasteiger partial charge in [0.15, 0.2) is 5.03 Å². The summed E-state index contributed by atoms with van der Waals surface area (Å²) < 4.78 is 34.5. The van der Waals surface area contributed by atoms with Crippen molar-refractivity contribution >= 4 is 38.9 Å². The van der Waals surface area contributed by atoms with Gasteiger partial charge in [0.05, 0.1) is 7.11 Å². The van der Waals surface area contributed by atoms with E-state index in [0.717, 1.165) is 17.1 Å². The molecule has 0 unspecified atom stereocenters. The SMILES string of the molecule is COc1ccc(Nc2cc(C)nc(Nc3ccc(NS(=O)(=O)c4cn(C)c(C)n4)cc3)n2)cc1. The van der Waals surface area contributed by atoms with Crippen LogP contribution in [0.15, 0.2) is 65.8 Å². The van der Waals surface area contributed by atoms with Gasteiger partial charge in [-0.25, -0.2) is 9.97 Å². The molecule has 2 heterocycles. The Balaban J connectivity index is 1.45. The van der Waals surface area contributed by atoms with Crippen LogP contribution in [0.4, 0.5) is 28.8 Å². The molecule has 34 heavy (non-hydrogen) atoms. The van der Waals surface area contributed by atoms with E-state index in [1.807, 2.05) is 37.3 Å². The minimum Gasteiger partial charge on any atom is -0.497 e. The number of nitrogens with zero attached hydrogens (tertiary/aromatic N) is 4. The summed E-state index contributed by atoms with van der Waals surface area (Å²) in [7, 11) is -0.410. The van der Waals surface area contributed by atoms with Crippen molar-refractivity contribution in [3.05, 3.63) is 72.3 Å². The molecule has 0 spiro atoms. The smallest absolute Gasteiger partial charge is 0.280 e. The van der Waals surface area contributed by atoms with Gasteiger partial charge in [-0.2, -0.15) is 13.4 Å². The van der Waals surface area contributed by atoms with Crippen LogP contribution in [-0.2, 0) is 17.1 Å². The van der Waals surface area contributed by atoms with Crippen molar-refractivity contribution in [3.8, 4) is 5.75 Å². The van der Waals surface area contributed by atoms with Gasteiger partial charge >= 0.3 is 0 Å². The second-order valence-corrected chi connectivity index (χ2v) is 9.25. The number of methoxy groups -OCH3 is 1. The molecule has 0 atom stereocenters. The summed E-state index contributed by atoms with van der Waals surface area (Å²) in [5.41, 5.74) is 2.77. The van der Waals surface area contributed by atoms with Gasteiger partial charge in [-0.15, -0.1) is 0 Å². The topological polar surface area (TPSA) is 123 Å². The van der Waals surface area contributed by atoms with E-state index in [2.05, 4.69) is 30.3 Å². The van der Waals surface area contributed by atoms with Crippen molar-refractivity contribution in [1.29, 1.82) is 0 Å². The second kappa shape index (κ2) is 9.40. The third-order valence-electron chi connectivity index (χ3n) is 4.97. The van der Waals surface area contributed by atoms with Gasteiger partial charge in [0.25, 0.3) is 10.0 Å². The highest BCUT2D eigenvalue weighted by molar-refractivity contribution is 7.92. The second-order valence-electron chi connectivity index (χ2n) is 7.62. The molecule has 0 saturated carbocycles. The maximum Gasteiger partial charge on any atom is 0.280 e. The summed E-state index contributed by atoms with van der Waals surface area (Å²) in [5.74, 6) is 2.43. The van der Waals surface area contributed by atoms with Crippen LogP contribution in [0.2, 0.25) is 0 Å². The lowest BCUT2D eigenvalue weighted by Gasteiger charge is -2.11. The van der Waals surface area contributed by atoms with Crippen LogP contribution in [0.3, 0.4) is 0 Å². The third kappa shape index (κ3) is 5.44. The van der Waals surface area contributed by atoms with Crippen LogP contribution >= 0.6 is 0 Å². The molecule has 10 nitrogen and oxygen atoms in total. The Labute approximate surface area is 198 Å². The summed E-state index contributed by atoms with van der Waals surface area (Å²) in [5, 5.41) is 6.37. The first-order chi connectivity index (χ1) is 16.2. The fourth-order valence-corrected chi connectivity index (χ4v) is 4.22. The van der Waals surface area contributed by atoms with Gasteiger partial charge in [0.1, 0.15) is 17.4 Å². The quantitative estimate of drug-likeness (QED) is 0.345. The van der Waals surface area contributed by atoms with Crippen molar-refractivity contribution in [2.75, 3.05) is 22.5 Å². The Bertz CT molecular complexity index is 1380. The Morgan fingerprint density at radius 2 is 1.47 bits per heavy atom. The van der Waals surface area contributed by atoms with E-state index in [1.54, 1.807) is 49.9 Å². The Morgan fingerprint density at radius 1 is 0.853 bits per heavy atom. The number of aromatic nitrogens is 4. The average Bonchev–Trinajstić information content (AvgIpc) is 3.14. The van der Waals surface area contributed by atoms with Crippen LogP contribution < -0.4 is 20.1 Å². The minimum atomic E-state index is -3.78. The normalized spacial score (nSPS) is 11.2. The monoisotopic (exact) mass is 479 g/mol. The molecule has 2 aromatic carbocycles. The van der Waals surface area contributed by atoms with Crippen molar-refractivity contribution in [2.24, 2.45) is 7.05 Å². The van der Waals surface area contributed by atoms with Gasteiger partial charge in [-0.05, 0) is 62.4 Å². The number of benzene rings is 2. The molecule has 11 heteroatoms. The molecule has 0 aliphatic rings. The molecule has 3 N–H and O–H groups in total. The van der Waals surface area contributed by atoms with E-state index < -0.39 is 10.0 Å². The van der Waals surface area contributed by atoms with Gasteiger partial charge in [0, 0.05) is 42.1 Å². The van der Waals surface area contributed by atoms with E-state index in [0.29, 0.717) is 29.0 Å². The zero-order chi connectivity index (χ0) is 24.3. The molecular formula is C23H25N7O3S. The molecule has 0 aliphatic carbocycles.